The maximum absolute atomic E-state index is 11.7. The summed E-state index contributed by atoms with van der Waals surface area (Å²) < 4.78 is 10.5. The first-order chi connectivity index (χ1) is 9.63. The highest BCUT2D eigenvalue weighted by Gasteiger charge is 2.21. The Morgan fingerprint density at radius 3 is 2.95 bits per heavy atom. The maximum Gasteiger partial charge on any atom is 0.341 e. The van der Waals surface area contributed by atoms with Crippen LogP contribution in [0.25, 0.3) is 0 Å². The fourth-order valence-corrected chi connectivity index (χ4v) is 2.63. The second kappa shape index (κ2) is 6.61. The molecule has 1 aliphatic rings. The van der Waals surface area contributed by atoms with Crippen LogP contribution < -0.4 is 10.5 Å². The quantitative estimate of drug-likeness (QED) is 0.658. The van der Waals surface area contributed by atoms with Crippen molar-refractivity contribution < 1.29 is 14.3 Å². The van der Waals surface area contributed by atoms with E-state index < -0.39 is 5.97 Å². The fraction of sp³-hybridized carbons (Fsp3) is 0.533. The van der Waals surface area contributed by atoms with Crippen LogP contribution in [0.2, 0.25) is 0 Å². The van der Waals surface area contributed by atoms with Crippen LogP contribution in [0.15, 0.2) is 18.2 Å². The Morgan fingerprint density at radius 2 is 2.30 bits per heavy atom. The minimum atomic E-state index is -0.426. The normalized spacial score (nSPS) is 19.0. The molecule has 1 atom stereocenters. The largest absolute Gasteiger partial charge is 0.490 e. The molecule has 1 aliphatic heterocycles. The molecule has 0 radical (unpaired) electrons. The van der Waals surface area contributed by atoms with Gasteiger partial charge >= 0.3 is 5.97 Å². The number of hydrogen-bond acceptors (Lipinski definition) is 5. The summed E-state index contributed by atoms with van der Waals surface area (Å²) in [7, 11) is 3.48. The SMILES string of the molecule is COC(=O)c1cccc(N)c1OCCC1CCCN1C. The number of esters is 1. The van der Waals surface area contributed by atoms with Crippen LogP contribution in [0.4, 0.5) is 5.69 Å². The number of hydrogen-bond donors (Lipinski definition) is 1. The van der Waals surface area contributed by atoms with Gasteiger partial charge in [-0.05, 0) is 45.0 Å². The summed E-state index contributed by atoms with van der Waals surface area (Å²) in [5.41, 5.74) is 6.74. The van der Waals surface area contributed by atoms with E-state index in [0.29, 0.717) is 29.6 Å². The van der Waals surface area contributed by atoms with Crippen LogP contribution in [0, 0.1) is 0 Å². The third-order valence-electron chi connectivity index (χ3n) is 3.82. The molecule has 0 spiro atoms. The third-order valence-corrected chi connectivity index (χ3v) is 3.82. The number of ether oxygens (including phenoxy) is 2. The molecule has 0 amide bonds. The van der Waals surface area contributed by atoms with Gasteiger partial charge in [0.15, 0.2) is 5.75 Å². The van der Waals surface area contributed by atoms with E-state index in [9.17, 15) is 4.79 Å². The van der Waals surface area contributed by atoms with Crippen LogP contribution in [0.1, 0.15) is 29.6 Å². The summed E-state index contributed by atoms with van der Waals surface area (Å²) in [5, 5.41) is 0. The fourth-order valence-electron chi connectivity index (χ4n) is 2.63. The minimum Gasteiger partial charge on any atom is -0.490 e. The van der Waals surface area contributed by atoms with Gasteiger partial charge in [-0.3, -0.25) is 0 Å². The van der Waals surface area contributed by atoms with Gasteiger partial charge in [0.2, 0.25) is 0 Å². The number of nitrogen functional groups attached to an aromatic ring is 1. The number of nitrogens with two attached hydrogens (primary N) is 1. The van der Waals surface area contributed by atoms with E-state index in [0.717, 1.165) is 13.0 Å². The molecule has 1 aromatic rings. The summed E-state index contributed by atoms with van der Waals surface area (Å²) in [6.45, 7) is 1.69. The Labute approximate surface area is 119 Å². The molecule has 1 aromatic carbocycles. The minimum absolute atomic E-state index is 0.382. The number of anilines is 1. The molecule has 5 nitrogen and oxygen atoms in total. The number of methoxy groups -OCH3 is 1. The lowest BCUT2D eigenvalue weighted by molar-refractivity contribution is 0.0596. The number of carbonyl (C=O) groups excluding carboxylic acids is 1. The summed E-state index contributed by atoms with van der Waals surface area (Å²) in [6.07, 6.45) is 3.38. The molecule has 1 saturated heterocycles. The second-order valence-electron chi connectivity index (χ2n) is 5.13. The van der Waals surface area contributed by atoms with Crippen LogP contribution in [-0.4, -0.2) is 44.2 Å². The highest BCUT2D eigenvalue weighted by molar-refractivity contribution is 5.94. The molecule has 0 aromatic heterocycles. The van der Waals surface area contributed by atoms with Crippen molar-refractivity contribution in [2.45, 2.75) is 25.3 Å². The highest BCUT2D eigenvalue weighted by Crippen LogP contribution is 2.27. The van der Waals surface area contributed by atoms with Crippen LogP contribution >= 0.6 is 0 Å². The van der Waals surface area contributed by atoms with E-state index in [1.165, 1.54) is 20.0 Å². The molecule has 0 bridgehead atoms. The first-order valence-corrected chi connectivity index (χ1v) is 6.93. The molecule has 2 N–H and O–H groups in total. The van der Waals surface area contributed by atoms with Crippen LogP contribution in [0.3, 0.4) is 0 Å². The molecule has 1 heterocycles. The molecule has 0 aliphatic carbocycles. The van der Waals surface area contributed by atoms with Gasteiger partial charge < -0.3 is 20.1 Å². The van der Waals surface area contributed by atoms with Gasteiger partial charge in [0, 0.05) is 6.04 Å². The van der Waals surface area contributed by atoms with Crippen molar-refractivity contribution in [3.05, 3.63) is 23.8 Å². The summed E-state index contributed by atoms with van der Waals surface area (Å²) in [4.78, 5) is 14.0. The first kappa shape index (κ1) is 14.7. The molecule has 1 fully saturated rings. The highest BCUT2D eigenvalue weighted by atomic mass is 16.5. The second-order valence-corrected chi connectivity index (χ2v) is 5.13. The maximum atomic E-state index is 11.7. The summed E-state index contributed by atoms with van der Waals surface area (Å²) >= 11 is 0. The molecular weight excluding hydrogens is 256 g/mol. The topological polar surface area (TPSA) is 64.8 Å². The Balaban J connectivity index is 1.99. The zero-order chi connectivity index (χ0) is 14.5. The molecule has 5 heteroatoms. The molecule has 20 heavy (non-hydrogen) atoms. The number of para-hydroxylation sites is 1. The van der Waals surface area contributed by atoms with Crippen molar-refractivity contribution in [2.24, 2.45) is 0 Å². The van der Waals surface area contributed by atoms with Gasteiger partial charge in [-0.15, -0.1) is 0 Å². The van der Waals surface area contributed by atoms with Gasteiger partial charge in [-0.2, -0.15) is 0 Å². The van der Waals surface area contributed by atoms with E-state index in [-0.39, 0.29) is 0 Å². The average molecular weight is 278 g/mol. The van der Waals surface area contributed by atoms with Crippen molar-refractivity contribution in [3.63, 3.8) is 0 Å². The number of rotatable bonds is 5. The molecule has 0 saturated carbocycles. The summed E-state index contributed by atoms with van der Waals surface area (Å²) in [5.74, 6) is 0.00489. The zero-order valence-corrected chi connectivity index (χ0v) is 12.1. The predicted molar refractivity (Wildman–Crippen MR) is 78.0 cm³/mol. The lowest BCUT2D eigenvalue weighted by atomic mass is 10.1. The number of carbonyl (C=O) groups is 1. The lowest BCUT2D eigenvalue weighted by Gasteiger charge is -2.20. The predicted octanol–water partition coefficient (Wildman–Crippen LogP) is 1.92. The zero-order valence-electron chi connectivity index (χ0n) is 12.1. The third kappa shape index (κ3) is 3.22. The Hall–Kier alpha value is -1.75. The van der Waals surface area contributed by atoms with Crippen LogP contribution in [0.5, 0.6) is 5.75 Å². The Kier molecular flexibility index (Phi) is 4.84. The summed E-state index contributed by atoms with van der Waals surface area (Å²) in [6, 6.07) is 5.67. The lowest BCUT2D eigenvalue weighted by Crippen LogP contribution is -2.26. The van der Waals surface area contributed by atoms with Gasteiger partial charge in [0.25, 0.3) is 0 Å². The number of nitrogens with zero attached hydrogens (tertiary/aromatic N) is 1. The monoisotopic (exact) mass is 278 g/mol. The van der Waals surface area contributed by atoms with E-state index in [2.05, 4.69) is 11.9 Å². The Bertz CT molecular complexity index is 476. The van der Waals surface area contributed by atoms with Crippen LogP contribution in [-0.2, 0) is 4.74 Å². The van der Waals surface area contributed by atoms with Gasteiger partial charge in [0.05, 0.1) is 19.4 Å². The Morgan fingerprint density at radius 1 is 1.50 bits per heavy atom. The molecule has 1 unspecified atom stereocenters. The van der Waals surface area contributed by atoms with E-state index in [4.69, 9.17) is 15.2 Å². The van der Waals surface area contributed by atoms with E-state index in [1.54, 1.807) is 18.2 Å². The smallest absolute Gasteiger partial charge is 0.341 e. The standard InChI is InChI=1S/C15H22N2O3/c1-17-9-4-5-11(17)8-10-20-14-12(15(18)19-2)6-3-7-13(14)16/h3,6-7,11H,4-5,8-10,16H2,1-2H3. The molecule has 110 valence electrons. The average Bonchev–Trinajstić information content (AvgIpc) is 2.85. The van der Waals surface area contributed by atoms with Crippen molar-refractivity contribution in [1.82, 2.24) is 4.90 Å². The molecular formula is C15H22N2O3. The first-order valence-electron chi connectivity index (χ1n) is 6.93. The van der Waals surface area contributed by atoms with Crippen molar-refractivity contribution in [2.75, 3.05) is 33.0 Å². The van der Waals surface area contributed by atoms with Gasteiger partial charge in [-0.25, -0.2) is 4.79 Å². The van der Waals surface area contributed by atoms with Crippen molar-refractivity contribution >= 4 is 11.7 Å². The number of benzene rings is 1. The molecule has 2 rings (SSSR count). The van der Waals surface area contributed by atoms with E-state index in [1.807, 2.05) is 0 Å². The van der Waals surface area contributed by atoms with Gasteiger partial charge in [0.1, 0.15) is 5.56 Å². The van der Waals surface area contributed by atoms with Crippen molar-refractivity contribution in [1.29, 1.82) is 0 Å². The van der Waals surface area contributed by atoms with Crippen molar-refractivity contribution in [3.8, 4) is 5.75 Å². The van der Waals surface area contributed by atoms with E-state index >= 15 is 0 Å². The number of likely N-dealkylation sites (tertiary alicyclic amines) is 1. The van der Waals surface area contributed by atoms with Gasteiger partial charge in [-0.1, -0.05) is 6.07 Å².